The van der Waals surface area contributed by atoms with E-state index in [1.165, 1.54) is 10.9 Å². The van der Waals surface area contributed by atoms with Gasteiger partial charge < -0.3 is 11.1 Å². The largest absolute Gasteiger partial charge is 0.368 e. The highest BCUT2D eigenvalue weighted by Gasteiger charge is 2.21. The number of amides is 2. The van der Waals surface area contributed by atoms with Gasteiger partial charge in [-0.2, -0.15) is 0 Å². The Morgan fingerprint density at radius 2 is 2.04 bits per heavy atom. The van der Waals surface area contributed by atoms with Gasteiger partial charge in [-0.1, -0.05) is 48.9 Å². The van der Waals surface area contributed by atoms with Crippen molar-refractivity contribution in [2.45, 2.75) is 32.9 Å². The number of rotatable bonds is 7. The average Bonchev–Trinajstić information content (AvgIpc) is 2.97. The molecule has 2 rings (SSSR count). The van der Waals surface area contributed by atoms with Gasteiger partial charge in [-0.15, -0.1) is 5.10 Å². The number of nitrogens with two attached hydrogens (primary N) is 1. The summed E-state index contributed by atoms with van der Waals surface area (Å²) in [5.41, 5.74) is 6.31. The zero-order valence-corrected chi connectivity index (χ0v) is 14.3. The third-order valence-electron chi connectivity index (χ3n) is 3.42. The van der Waals surface area contributed by atoms with Crippen LogP contribution in [-0.2, 0) is 11.3 Å². The molecule has 8 heteroatoms. The van der Waals surface area contributed by atoms with Crippen LogP contribution in [0.3, 0.4) is 0 Å². The van der Waals surface area contributed by atoms with E-state index in [1.807, 2.05) is 32.0 Å². The molecule has 1 aromatic carbocycles. The van der Waals surface area contributed by atoms with Crippen LogP contribution in [-0.4, -0.2) is 32.9 Å². The van der Waals surface area contributed by atoms with E-state index >= 15 is 0 Å². The molecule has 0 radical (unpaired) electrons. The summed E-state index contributed by atoms with van der Waals surface area (Å²) in [7, 11) is 0. The van der Waals surface area contributed by atoms with Gasteiger partial charge in [0.25, 0.3) is 5.91 Å². The summed E-state index contributed by atoms with van der Waals surface area (Å²) >= 11 is 6.10. The maximum absolute atomic E-state index is 12.2. The summed E-state index contributed by atoms with van der Waals surface area (Å²) in [4.78, 5) is 23.7. The number of benzene rings is 1. The van der Waals surface area contributed by atoms with Crippen molar-refractivity contribution < 1.29 is 9.59 Å². The summed E-state index contributed by atoms with van der Waals surface area (Å²) < 4.78 is 1.51. The first kappa shape index (κ1) is 17.9. The number of nitrogens with one attached hydrogen (secondary N) is 1. The molecule has 2 aromatic rings. The lowest BCUT2D eigenvalue weighted by molar-refractivity contribution is -0.120. The molecule has 3 N–H and O–H groups in total. The molecule has 0 fully saturated rings. The second-order valence-corrected chi connectivity index (χ2v) is 6.36. The van der Waals surface area contributed by atoms with Gasteiger partial charge in [-0.05, 0) is 24.0 Å². The quantitative estimate of drug-likeness (QED) is 0.792. The predicted molar refractivity (Wildman–Crippen MR) is 90.5 cm³/mol. The third kappa shape index (κ3) is 4.79. The van der Waals surface area contributed by atoms with Crippen molar-refractivity contribution >= 4 is 23.4 Å². The molecule has 128 valence electrons. The molecule has 0 saturated heterocycles. The fraction of sp³-hybridized carbons (Fsp3) is 0.375. The fourth-order valence-corrected chi connectivity index (χ4v) is 2.43. The molecule has 1 aromatic heterocycles. The van der Waals surface area contributed by atoms with Crippen molar-refractivity contribution in [1.82, 2.24) is 20.3 Å². The third-order valence-corrected chi connectivity index (χ3v) is 3.79. The Bertz CT molecular complexity index is 729. The second-order valence-electron chi connectivity index (χ2n) is 5.95. The van der Waals surface area contributed by atoms with Crippen molar-refractivity contribution in [2.75, 3.05) is 0 Å². The van der Waals surface area contributed by atoms with Crippen molar-refractivity contribution in [2.24, 2.45) is 11.7 Å². The van der Waals surface area contributed by atoms with Crippen LogP contribution in [0.1, 0.15) is 36.3 Å². The first-order valence-electron chi connectivity index (χ1n) is 7.60. The average molecular weight is 350 g/mol. The minimum atomic E-state index is -0.730. The van der Waals surface area contributed by atoms with E-state index in [9.17, 15) is 9.59 Å². The van der Waals surface area contributed by atoms with E-state index in [0.717, 1.165) is 5.56 Å². The molecule has 0 unspecified atom stereocenters. The molecule has 1 heterocycles. The first-order valence-corrected chi connectivity index (χ1v) is 7.98. The van der Waals surface area contributed by atoms with Crippen molar-refractivity contribution in [3.63, 3.8) is 0 Å². The van der Waals surface area contributed by atoms with Gasteiger partial charge in [0.15, 0.2) is 5.69 Å². The number of carbonyl (C=O) groups excluding carboxylic acids is 2. The Hall–Kier alpha value is -2.41. The van der Waals surface area contributed by atoms with Gasteiger partial charge in [0, 0.05) is 5.02 Å². The Morgan fingerprint density at radius 3 is 2.67 bits per heavy atom. The van der Waals surface area contributed by atoms with Crippen LogP contribution in [0.25, 0.3) is 0 Å². The molecular formula is C16H20ClN5O2. The summed E-state index contributed by atoms with van der Waals surface area (Å²) in [5.74, 6) is -0.830. The van der Waals surface area contributed by atoms with Crippen molar-refractivity contribution in [1.29, 1.82) is 0 Å². The zero-order chi connectivity index (χ0) is 17.7. The Morgan fingerprint density at radius 1 is 1.33 bits per heavy atom. The number of nitrogens with zero attached hydrogens (tertiary/aromatic N) is 3. The smallest absolute Gasteiger partial charge is 0.274 e. The van der Waals surface area contributed by atoms with E-state index in [2.05, 4.69) is 15.6 Å². The molecule has 0 saturated carbocycles. The van der Waals surface area contributed by atoms with E-state index in [-0.39, 0.29) is 11.6 Å². The Labute approximate surface area is 145 Å². The molecular weight excluding hydrogens is 330 g/mol. The molecule has 0 bridgehead atoms. The molecule has 1 atom stereocenters. The normalized spacial score (nSPS) is 12.2. The summed E-state index contributed by atoms with van der Waals surface area (Å²) in [6.45, 7) is 4.29. The number of carbonyl (C=O) groups is 2. The van der Waals surface area contributed by atoms with Gasteiger partial charge in [-0.3, -0.25) is 9.59 Å². The summed E-state index contributed by atoms with van der Waals surface area (Å²) in [5, 5.41) is 11.0. The molecule has 2 amide bonds. The van der Waals surface area contributed by atoms with Crippen LogP contribution in [0.5, 0.6) is 0 Å². The van der Waals surface area contributed by atoms with E-state index in [1.54, 1.807) is 6.07 Å². The SMILES string of the molecule is CC(C)C[C@H](NC(=O)c1cn(Cc2ccccc2Cl)nn1)C(N)=O. The van der Waals surface area contributed by atoms with Gasteiger partial charge >= 0.3 is 0 Å². The van der Waals surface area contributed by atoms with Crippen LogP contribution in [0, 0.1) is 5.92 Å². The zero-order valence-electron chi connectivity index (χ0n) is 13.6. The highest BCUT2D eigenvalue weighted by Crippen LogP contribution is 2.15. The minimum absolute atomic E-state index is 0.122. The monoisotopic (exact) mass is 349 g/mol. The highest BCUT2D eigenvalue weighted by atomic mass is 35.5. The van der Waals surface area contributed by atoms with E-state index in [4.69, 9.17) is 17.3 Å². The Kier molecular flexibility index (Phi) is 5.92. The van der Waals surface area contributed by atoms with Gasteiger partial charge in [0.2, 0.25) is 5.91 Å². The molecule has 0 spiro atoms. The van der Waals surface area contributed by atoms with Crippen LogP contribution >= 0.6 is 11.6 Å². The lowest BCUT2D eigenvalue weighted by Crippen LogP contribution is -2.45. The van der Waals surface area contributed by atoms with E-state index < -0.39 is 17.9 Å². The number of hydrogen-bond donors (Lipinski definition) is 2. The van der Waals surface area contributed by atoms with Gasteiger partial charge in [0.1, 0.15) is 6.04 Å². The summed E-state index contributed by atoms with van der Waals surface area (Å²) in [6, 6.07) is 6.63. The highest BCUT2D eigenvalue weighted by molar-refractivity contribution is 6.31. The maximum Gasteiger partial charge on any atom is 0.274 e. The van der Waals surface area contributed by atoms with Crippen LogP contribution < -0.4 is 11.1 Å². The summed E-state index contributed by atoms with van der Waals surface area (Å²) in [6.07, 6.45) is 1.97. The van der Waals surface area contributed by atoms with E-state index in [0.29, 0.717) is 18.0 Å². The van der Waals surface area contributed by atoms with Crippen molar-refractivity contribution in [3.8, 4) is 0 Å². The first-order chi connectivity index (χ1) is 11.4. The second kappa shape index (κ2) is 7.92. The molecule has 0 aliphatic rings. The number of hydrogen-bond acceptors (Lipinski definition) is 4. The molecule has 0 aliphatic carbocycles. The van der Waals surface area contributed by atoms with Crippen molar-refractivity contribution in [3.05, 3.63) is 46.7 Å². The lowest BCUT2D eigenvalue weighted by atomic mass is 10.0. The minimum Gasteiger partial charge on any atom is -0.368 e. The van der Waals surface area contributed by atoms with Crippen LogP contribution in [0.15, 0.2) is 30.5 Å². The Balaban J connectivity index is 2.05. The number of primary amides is 1. The molecule has 24 heavy (non-hydrogen) atoms. The van der Waals surface area contributed by atoms with Gasteiger partial charge in [0.05, 0.1) is 12.7 Å². The van der Waals surface area contributed by atoms with Crippen LogP contribution in [0.4, 0.5) is 0 Å². The number of halogens is 1. The lowest BCUT2D eigenvalue weighted by Gasteiger charge is -2.16. The fourth-order valence-electron chi connectivity index (χ4n) is 2.23. The maximum atomic E-state index is 12.2. The topological polar surface area (TPSA) is 103 Å². The van der Waals surface area contributed by atoms with Gasteiger partial charge in [-0.25, -0.2) is 4.68 Å². The molecule has 7 nitrogen and oxygen atoms in total. The standard InChI is InChI=1S/C16H20ClN5O2/c1-10(2)7-13(15(18)23)19-16(24)14-9-22(21-20-14)8-11-5-3-4-6-12(11)17/h3-6,9-10,13H,7-8H2,1-2H3,(H2,18,23)(H,19,24)/t13-/m0/s1. The van der Waals surface area contributed by atoms with Crippen LogP contribution in [0.2, 0.25) is 5.02 Å². The number of aromatic nitrogens is 3. The predicted octanol–water partition coefficient (Wildman–Crippen LogP) is 1.61. The molecule has 0 aliphatic heterocycles.